The van der Waals surface area contributed by atoms with Crippen LogP contribution < -0.4 is 5.32 Å². The standard InChI is InChI=1S/C14H22N2/c1-3-12-4-6-13(7-5-12)10-16-9-8-14(11-16)15-2/h4-7,14-15H,3,8-11H2,1-2H3. The van der Waals surface area contributed by atoms with Crippen LogP contribution in [0.1, 0.15) is 24.5 Å². The van der Waals surface area contributed by atoms with Gasteiger partial charge in [0.2, 0.25) is 0 Å². The van der Waals surface area contributed by atoms with Crippen molar-refractivity contribution in [2.75, 3.05) is 20.1 Å². The van der Waals surface area contributed by atoms with Crippen LogP contribution in [0.2, 0.25) is 0 Å². The fourth-order valence-electron chi connectivity index (χ4n) is 2.35. The summed E-state index contributed by atoms with van der Waals surface area (Å²) in [5, 5.41) is 3.36. The Balaban J connectivity index is 1.89. The third kappa shape index (κ3) is 2.83. The first-order chi connectivity index (χ1) is 7.81. The first-order valence-electron chi connectivity index (χ1n) is 6.29. The summed E-state index contributed by atoms with van der Waals surface area (Å²) < 4.78 is 0. The number of hydrogen-bond donors (Lipinski definition) is 1. The number of benzene rings is 1. The van der Waals surface area contributed by atoms with Gasteiger partial charge in [-0.05, 0) is 31.0 Å². The normalized spacial score (nSPS) is 21.5. The fraction of sp³-hybridized carbons (Fsp3) is 0.571. The maximum absolute atomic E-state index is 3.36. The first-order valence-corrected chi connectivity index (χ1v) is 6.29. The van der Waals surface area contributed by atoms with E-state index in [4.69, 9.17) is 0 Å². The van der Waals surface area contributed by atoms with Crippen LogP contribution in [0.3, 0.4) is 0 Å². The SMILES string of the molecule is CCc1ccc(CN2CCC(NC)C2)cc1. The average molecular weight is 218 g/mol. The van der Waals surface area contributed by atoms with Crippen LogP contribution in [0.5, 0.6) is 0 Å². The lowest BCUT2D eigenvalue weighted by atomic mass is 10.1. The van der Waals surface area contributed by atoms with E-state index in [9.17, 15) is 0 Å². The molecule has 1 aromatic rings. The van der Waals surface area contributed by atoms with Gasteiger partial charge in [-0.1, -0.05) is 31.2 Å². The zero-order valence-corrected chi connectivity index (χ0v) is 10.4. The van der Waals surface area contributed by atoms with Crippen LogP contribution in [-0.4, -0.2) is 31.1 Å². The first kappa shape index (κ1) is 11.6. The number of nitrogens with one attached hydrogen (secondary N) is 1. The van der Waals surface area contributed by atoms with E-state index < -0.39 is 0 Å². The number of nitrogens with zero attached hydrogens (tertiary/aromatic N) is 1. The van der Waals surface area contributed by atoms with Crippen LogP contribution >= 0.6 is 0 Å². The summed E-state index contributed by atoms with van der Waals surface area (Å²) in [6.45, 7) is 5.71. The molecule has 0 aromatic heterocycles. The van der Waals surface area contributed by atoms with Crippen molar-refractivity contribution in [2.24, 2.45) is 0 Å². The highest BCUT2D eigenvalue weighted by Gasteiger charge is 2.20. The van der Waals surface area contributed by atoms with Gasteiger partial charge in [0.05, 0.1) is 0 Å². The molecular weight excluding hydrogens is 196 g/mol. The highest BCUT2D eigenvalue weighted by atomic mass is 15.2. The Morgan fingerprint density at radius 1 is 1.25 bits per heavy atom. The van der Waals surface area contributed by atoms with Crippen molar-refractivity contribution >= 4 is 0 Å². The maximum atomic E-state index is 3.36. The highest BCUT2D eigenvalue weighted by Crippen LogP contribution is 2.14. The lowest BCUT2D eigenvalue weighted by Gasteiger charge is -2.16. The molecule has 2 rings (SSSR count). The summed E-state index contributed by atoms with van der Waals surface area (Å²) in [5.74, 6) is 0. The van der Waals surface area contributed by atoms with Crippen molar-refractivity contribution in [3.8, 4) is 0 Å². The Bertz CT molecular complexity index is 318. The highest BCUT2D eigenvalue weighted by molar-refractivity contribution is 5.22. The van der Waals surface area contributed by atoms with E-state index in [2.05, 4.69) is 48.5 Å². The molecule has 16 heavy (non-hydrogen) atoms. The molecule has 0 radical (unpaired) electrons. The summed E-state index contributed by atoms with van der Waals surface area (Å²) in [6.07, 6.45) is 2.41. The average Bonchev–Trinajstić information content (AvgIpc) is 2.78. The fourth-order valence-corrected chi connectivity index (χ4v) is 2.35. The molecule has 2 heteroatoms. The van der Waals surface area contributed by atoms with Gasteiger partial charge >= 0.3 is 0 Å². The minimum absolute atomic E-state index is 0.690. The van der Waals surface area contributed by atoms with Crippen LogP contribution in [0.15, 0.2) is 24.3 Å². The van der Waals surface area contributed by atoms with Crippen LogP contribution in [-0.2, 0) is 13.0 Å². The van der Waals surface area contributed by atoms with E-state index in [1.165, 1.54) is 30.6 Å². The molecule has 1 aromatic carbocycles. The van der Waals surface area contributed by atoms with Gasteiger partial charge < -0.3 is 5.32 Å². The van der Waals surface area contributed by atoms with E-state index in [1.54, 1.807) is 0 Å². The van der Waals surface area contributed by atoms with Crippen LogP contribution in [0, 0.1) is 0 Å². The summed E-state index contributed by atoms with van der Waals surface area (Å²) >= 11 is 0. The van der Waals surface area contributed by atoms with Crippen molar-refractivity contribution < 1.29 is 0 Å². The predicted molar refractivity (Wildman–Crippen MR) is 68.6 cm³/mol. The quantitative estimate of drug-likeness (QED) is 0.832. The molecule has 0 amide bonds. The molecule has 88 valence electrons. The Morgan fingerprint density at radius 2 is 1.94 bits per heavy atom. The molecule has 1 unspecified atom stereocenters. The molecule has 1 heterocycles. The summed E-state index contributed by atoms with van der Waals surface area (Å²) in [6, 6.07) is 9.73. The molecule has 0 spiro atoms. The maximum Gasteiger partial charge on any atom is 0.0234 e. The third-order valence-corrected chi connectivity index (χ3v) is 3.52. The van der Waals surface area contributed by atoms with E-state index in [0.717, 1.165) is 13.0 Å². The zero-order chi connectivity index (χ0) is 11.4. The predicted octanol–water partition coefficient (Wildman–Crippen LogP) is 2.04. The van der Waals surface area contributed by atoms with Gasteiger partial charge in [0.15, 0.2) is 0 Å². The van der Waals surface area contributed by atoms with Crippen molar-refractivity contribution in [1.82, 2.24) is 10.2 Å². The Kier molecular flexibility index (Phi) is 3.97. The zero-order valence-electron chi connectivity index (χ0n) is 10.4. The third-order valence-electron chi connectivity index (χ3n) is 3.52. The summed E-state index contributed by atoms with van der Waals surface area (Å²) in [5.41, 5.74) is 2.87. The summed E-state index contributed by atoms with van der Waals surface area (Å²) in [7, 11) is 2.06. The lowest BCUT2D eigenvalue weighted by Crippen LogP contribution is -2.29. The van der Waals surface area contributed by atoms with Crippen LogP contribution in [0.25, 0.3) is 0 Å². The van der Waals surface area contributed by atoms with Crippen LogP contribution in [0.4, 0.5) is 0 Å². The number of aryl methyl sites for hydroxylation is 1. The second-order valence-corrected chi connectivity index (χ2v) is 4.68. The van der Waals surface area contributed by atoms with E-state index >= 15 is 0 Å². The smallest absolute Gasteiger partial charge is 0.0234 e. The molecule has 1 N–H and O–H groups in total. The minimum Gasteiger partial charge on any atom is -0.316 e. The molecule has 1 saturated heterocycles. The van der Waals surface area contributed by atoms with Crippen molar-refractivity contribution in [1.29, 1.82) is 0 Å². The molecule has 1 aliphatic heterocycles. The monoisotopic (exact) mass is 218 g/mol. The second kappa shape index (κ2) is 5.46. The minimum atomic E-state index is 0.690. The Morgan fingerprint density at radius 3 is 2.50 bits per heavy atom. The van der Waals surface area contributed by atoms with E-state index in [1.807, 2.05) is 0 Å². The van der Waals surface area contributed by atoms with Crippen molar-refractivity contribution in [3.63, 3.8) is 0 Å². The van der Waals surface area contributed by atoms with Gasteiger partial charge in [0, 0.05) is 25.7 Å². The number of hydrogen-bond acceptors (Lipinski definition) is 2. The van der Waals surface area contributed by atoms with Gasteiger partial charge in [-0.15, -0.1) is 0 Å². The van der Waals surface area contributed by atoms with E-state index in [0.29, 0.717) is 6.04 Å². The number of rotatable bonds is 4. The second-order valence-electron chi connectivity index (χ2n) is 4.68. The Labute approximate surface area is 98.7 Å². The van der Waals surface area contributed by atoms with Gasteiger partial charge in [0.25, 0.3) is 0 Å². The van der Waals surface area contributed by atoms with E-state index in [-0.39, 0.29) is 0 Å². The number of likely N-dealkylation sites (N-methyl/N-ethyl adjacent to an activating group) is 1. The van der Waals surface area contributed by atoms with Gasteiger partial charge in [-0.25, -0.2) is 0 Å². The molecule has 1 atom stereocenters. The number of likely N-dealkylation sites (tertiary alicyclic amines) is 1. The van der Waals surface area contributed by atoms with Gasteiger partial charge in [0.1, 0.15) is 0 Å². The molecular formula is C14H22N2. The molecule has 0 bridgehead atoms. The van der Waals surface area contributed by atoms with Crippen molar-refractivity contribution in [3.05, 3.63) is 35.4 Å². The lowest BCUT2D eigenvalue weighted by molar-refractivity contribution is 0.322. The molecule has 0 saturated carbocycles. The van der Waals surface area contributed by atoms with Crippen molar-refractivity contribution in [2.45, 2.75) is 32.4 Å². The molecule has 2 nitrogen and oxygen atoms in total. The molecule has 1 aliphatic rings. The van der Waals surface area contributed by atoms with Gasteiger partial charge in [-0.3, -0.25) is 4.90 Å². The van der Waals surface area contributed by atoms with Gasteiger partial charge in [-0.2, -0.15) is 0 Å². The largest absolute Gasteiger partial charge is 0.316 e. The topological polar surface area (TPSA) is 15.3 Å². The summed E-state index contributed by atoms with van der Waals surface area (Å²) in [4.78, 5) is 2.53. The molecule has 1 fully saturated rings. The Hall–Kier alpha value is -0.860. The molecule has 0 aliphatic carbocycles.